The van der Waals surface area contributed by atoms with Crippen LogP contribution in [0.1, 0.15) is 13.8 Å². The van der Waals surface area contributed by atoms with E-state index in [4.69, 9.17) is 10.2 Å². The number of rotatable bonds is 5. The van der Waals surface area contributed by atoms with Gasteiger partial charge in [-0.15, -0.1) is 11.8 Å². The molecule has 1 rings (SSSR count). The second kappa shape index (κ2) is 5.73. The molecule has 18 heavy (non-hydrogen) atoms. The summed E-state index contributed by atoms with van der Waals surface area (Å²) in [6.45, 7) is 3.65. The van der Waals surface area contributed by atoms with Gasteiger partial charge in [0.05, 0.1) is 4.90 Å². The van der Waals surface area contributed by atoms with Gasteiger partial charge >= 0.3 is 5.97 Å². The highest BCUT2D eigenvalue weighted by Crippen LogP contribution is 2.28. The van der Waals surface area contributed by atoms with E-state index in [1.807, 2.05) is 13.8 Å². The predicted molar refractivity (Wildman–Crippen MR) is 69.9 cm³/mol. The fourth-order valence-electron chi connectivity index (χ4n) is 1.33. The number of carboxylic acid groups (broad SMARTS) is 1. The van der Waals surface area contributed by atoms with E-state index in [1.165, 1.54) is 23.9 Å². The second-order valence-electron chi connectivity index (χ2n) is 4.14. The number of aliphatic carboxylic acids is 1. The van der Waals surface area contributed by atoms with Gasteiger partial charge in [-0.1, -0.05) is 13.8 Å². The zero-order valence-corrected chi connectivity index (χ0v) is 11.7. The number of hydrogen-bond acceptors (Lipinski definition) is 4. The van der Waals surface area contributed by atoms with Gasteiger partial charge in [-0.25, -0.2) is 13.6 Å². The maximum atomic E-state index is 11.1. The molecule has 0 radical (unpaired) electrons. The molecular formula is C11H15NO4S2. The second-order valence-corrected chi connectivity index (χ2v) is 6.91. The molecule has 0 aliphatic carbocycles. The van der Waals surface area contributed by atoms with Crippen LogP contribution in [-0.4, -0.2) is 24.7 Å². The topological polar surface area (TPSA) is 97.5 Å². The highest BCUT2D eigenvalue weighted by atomic mass is 32.2. The van der Waals surface area contributed by atoms with E-state index < -0.39 is 21.2 Å². The van der Waals surface area contributed by atoms with Crippen LogP contribution in [0.5, 0.6) is 0 Å². The highest BCUT2D eigenvalue weighted by Gasteiger charge is 2.22. The van der Waals surface area contributed by atoms with E-state index in [1.54, 1.807) is 12.1 Å². The first-order chi connectivity index (χ1) is 8.21. The maximum absolute atomic E-state index is 11.1. The van der Waals surface area contributed by atoms with Crippen LogP contribution in [0.15, 0.2) is 34.1 Å². The minimum absolute atomic E-state index is 0.0169. The van der Waals surface area contributed by atoms with Crippen molar-refractivity contribution in [2.24, 2.45) is 11.1 Å². The van der Waals surface area contributed by atoms with Crippen molar-refractivity contribution in [1.82, 2.24) is 0 Å². The third kappa shape index (κ3) is 4.01. The number of hydrogen-bond donors (Lipinski definition) is 2. The molecule has 0 spiro atoms. The molecule has 0 fully saturated rings. The van der Waals surface area contributed by atoms with E-state index in [9.17, 15) is 13.2 Å². The number of sulfonamides is 1. The zero-order chi connectivity index (χ0) is 13.9. The predicted octanol–water partition coefficient (Wildman–Crippen LogP) is 1.54. The van der Waals surface area contributed by atoms with Crippen molar-refractivity contribution in [3.05, 3.63) is 24.3 Å². The molecule has 100 valence electrons. The summed E-state index contributed by atoms with van der Waals surface area (Å²) >= 11 is 1.19. The molecule has 0 amide bonds. The van der Waals surface area contributed by atoms with Crippen LogP contribution in [0, 0.1) is 5.92 Å². The van der Waals surface area contributed by atoms with Crippen molar-refractivity contribution >= 4 is 27.8 Å². The molecule has 0 bridgehead atoms. The van der Waals surface area contributed by atoms with Gasteiger partial charge in [0.2, 0.25) is 10.0 Å². The van der Waals surface area contributed by atoms with Gasteiger partial charge in [-0.05, 0) is 30.2 Å². The number of nitrogens with two attached hydrogens (primary N) is 1. The fourth-order valence-corrected chi connectivity index (χ4v) is 2.80. The SMILES string of the molecule is CC(C)C(Sc1ccc(S(N)(=O)=O)cc1)C(=O)O. The van der Waals surface area contributed by atoms with E-state index in [-0.39, 0.29) is 10.8 Å². The summed E-state index contributed by atoms with van der Waals surface area (Å²) in [6.07, 6.45) is 0. The molecule has 0 saturated heterocycles. The van der Waals surface area contributed by atoms with Crippen molar-refractivity contribution in [1.29, 1.82) is 0 Å². The minimum Gasteiger partial charge on any atom is -0.480 e. The first-order valence-electron chi connectivity index (χ1n) is 5.24. The Labute approximate surface area is 110 Å². The first kappa shape index (κ1) is 15.0. The van der Waals surface area contributed by atoms with Crippen molar-refractivity contribution in [2.45, 2.75) is 28.9 Å². The van der Waals surface area contributed by atoms with Gasteiger partial charge in [0.1, 0.15) is 5.25 Å². The number of carboxylic acids is 1. The van der Waals surface area contributed by atoms with Crippen LogP contribution in [0.4, 0.5) is 0 Å². The average molecular weight is 289 g/mol. The lowest BCUT2D eigenvalue weighted by atomic mass is 10.1. The van der Waals surface area contributed by atoms with Gasteiger partial charge < -0.3 is 5.11 Å². The number of benzene rings is 1. The Hall–Kier alpha value is -1.05. The Morgan fingerprint density at radius 2 is 1.78 bits per heavy atom. The lowest BCUT2D eigenvalue weighted by Gasteiger charge is -2.15. The summed E-state index contributed by atoms with van der Waals surface area (Å²) in [5, 5.41) is 13.5. The third-order valence-corrected chi connectivity index (χ3v) is 4.74. The van der Waals surface area contributed by atoms with Gasteiger partial charge in [-0.2, -0.15) is 0 Å². The normalized spacial score (nSPS) is 13.6. The molecule has 1 aromatic carbocycles. The van der Waals surface area contributed by atoms with Crippen LogP contribution in [0.3, 0.4) is 0 Å². The van der Waals surface area contributed by atoms with Crippen molar-refractivity contribution in [3.63, 3.8) is 0 Å². The molecule has 1 aromatic rings. The lowest BCUT2D eigenvalue weighted by molar-refractivity contribution is -0.137. The van der Waals surface area contributed by atoms with Crippen molar-refractivity contribution in [2.75, 3.05) is 0 Å². The Morgan fingerprint density at radius 1 is 1.28 bits per heavy atom. The summed E-state index contributed by atoms with van der Waals surface area (Å²) < 4.78 is 22.1. The summed E-state index contributed by atoms with van der Waals surface area (Å²) in [4.78, 5) is 11.7. The summed E-state index contributed by atoms with van der Waals surface area (Å²) in [5.74, 6) is -0.907. The van der Waals surface area contributed by atoms with Crippen molar-refractivity contribution in [3.8, 4) is 0 Å². The van der Waals surface area contributed by atoms with E-state index >= 15 is 0 Å². The molecule has 0 heterocycles. The number of thioether (sulfide) groups is 1. The third-order valence-electron chi connectivity index (χ3n) is 2.26. The molecule has 1 atom stereocenters. The lowest BCUT2D eigenvalue weighted by Crippen LogP contribution is -2.22. The standard InChI is InChI=1S/C11H15NO4S2/c1-7(2)10(11(13)14)17-8-3-5-9(6-4-8)18(12,15)16/h3-7,10H,1-2H3,(H,13,14)(H2,12,15,16). The Morgan fingerprint density at radius 3 is 2.11 bits per heavy atom. The average Bonchev–Trinajstić information content (AvgIpc) is 2.24. The Balaban J connectivity index is 2.90. The van der Waals surface area contributed by atoms with Gasteiger partial charge in [-0.3, -0.25) is 4.79 Å². The van der Waals surface area contributed by atoms with Crippen LogP contribution < -0.4 is 5.14 Å². The molecule has 1 unspecified atom stereocenters. The Bertz CT molecular complexity index is 522. The summed E-state index contributed by atoms with van der Waals surface area (Å²) in [6, 6.07) is 5.86. The summed E-state index contributed by atoms with van der Waals surface area (Å²) in [7, 11) is -3.71. The van der Waals surface area contributed by atoms with Crippen LogP contribution in [0.25, 0.3) is 0 Å². The first-order valence-corrected chi connectivity index (χ1v) is 7.66. The van der Waals surface area contributed by atoms with Crippen LogP contribution in [-0.2, 0) is 14.8 Å². The molecule has 0 aromatic heterocycles. The van der Waals surface area contributed by atoms with E-state index in [0.29, 0.717) is 4.90 Å². The maximum Gasteiger partial charge on any atom is 0.317 e. The zero-order valence-electron chi connectivity index (χ0n) is 10.0. The largest absolute Gasteiger partial charge is 0.480 e. The molecule has 3 N–H and O–H groups in total. The van der Waals surface area contributed by atoms with Crippen LogP contribution >= 0.6 is 11.8 Å². The van der Waals surface area contributed by atoms with Crippen LogP contribution in [0.2, 0.25) is 0 Å². The number of primary sulfonamides is 1. The van der Waals surface area contributed by atoms with Crippen molar-refractivity contribution < 1.29 is 18.3 Å². The fraction of sp³-hybridized carbons (Fsp3) is 0.364. The van der Waals surface area contributed by atoms with Gasteiger partial charge in [0.25, 0.3) is 0 Å². The highest BCUT2D eigenvalue weighted by molar-refractivity contribution is 8.00. The molecular weight excluding hydrogens is 274 g/mol. The monoisotopic (exact) mass is 289 g/mol. The molecule has 5 nitrogen and oxygen atoms in total. The summed E-state index contributed by atoms with van der Waals surface area (Å²) in [5.41, 5.74) is 0. The van der Waals surface area contributed by atoms with Gasteiger partial charge in [0.15, 0.2) is 0 Å². The molecule has 0 saturated carbocycles. The minimum atomic E-state index is -3.71. The molecule has 0 aliphatic heterocycles. The molecule has 7 heteroatoms. The molecule has 0 aliphatic rings. The van der Waals surface area contributed by atoms with Gasteiger partial charge in [0, 0.05) is 4.90 Å². The number of carbonyl (C=O) groups is 1. The van der Waals surface area contributed by atoms with E-state index in [2.05, 4.69) is 0 Å². The Kier molecular flexibility index (Phi) is 4.78. The smallest absolute Gasteiger partial charge is 0.317 e. The quantitative estimate of drug-likeness (QED) is 0.801. The van der Waals surface area contributed by atoms with E-state index in [0.717, 1.165) is 0 Å².